The van der Waals surface area contributed by atoms with Gasteiger partial charge in [0.1, 0.15) is 11.5 Å². The zero-order valence-electron chi connectivity index (χ0n) is 11.7. The minimum Gasteiger partial charge on any atom is -0.475 e. The molecule has 0 fully saturated rings. The Labute approximate surface area is 126 Å². The maximum absolute atomic E-state index is 13.4. The molecule has 0 aliphatic rings. The topological polar surface area (TPSA) is 105 Å². The number of H-pyrrole nitrogens is 1. The first-order valence-electron chi connectivity index (χ1n) is 6.11. The second kappa shape index (κ2) is 6.99. The summed E-state index contributed by atoms with van der Waals surface area (Å²) in [4.78, 5) is 23.0. The Morgan fingerprint density at radius 2 is 1.91 bits per heavy atom. The molecule has 4 N–H and O–H groups in total. The van der Waals surface area contributed by atoms with Gasteiger partial charge in [0.2, 0.25) is 0 Å². The number of aromatic amines is 1. The first-order valence-corrected chi connectivity index (χ1v) is 6.11. The van der Waals surface area contributed by atoms with Crippen molar-refractivity contribution < 1.29 is 37.0 Å². The second-order valence-electron chi connectivity index (χ2n) is 4.13. The van der Waals surface area contributed by atoms with E-state index in [9.17, 15) is 22.4 Å². The van der Waals surface area contributed by atoms with E-state index in [1.165, 1.54) is 18.2 Å². The number of nitrogen functional groups attached to an aromatic ring is 1. The number of fused-ring (bicyclic) bond motifs is 1. The highest BCUT2D eigenvalue weighted by Gasteiger charge is 2.38. The number of aliphatic carboxylic acids is 1. The number of aromatic nitrogens is 1. The molecule has 1 aromatic carbocycles. The number of carbonyl (C=O) groups is 2. The van der Waals surface area contributed by atoms with Gasteiger partial charge in [-0.1, -0.05) is 0 Å². The standard InChI is InChI=1S/C11H11FN2O2.C2HF3O2/c1-2-16-11(15)9-5-6-8(13)4-3-7(12)10(6)14-9;3-2(4,5)1(6)7/h3-5,14H,2,13H2,1H3;(H,6,7). The number of carboxylic acids is 1. The van der Waals surface area contributed by atoms with Gasteiger partial charge in [-0.25, -0.2) is 14.0 Å². The fraction of sp³-hybridized carbons (Fsp3) is 0.231. The third-order valence-electron chi connectivity index (χ3n) is 2.51. The van der Waals surface area contributed by atoms with Crippen LogP contribution in [0.25, 0.3) is 10.9 Å². The fourth-order valence-corrected chi connectivity index (χ4v) is 1.53. The molecule has 2 rings (SSSR count). The Hall–Kier alpha value is -2.78. The molecule has 0 aliphatic carbocycles. The van der Waals surface area contributed by atoms with E-state index in [0.29, 0.717) is 11.1 Å². The van der Waals surface area contributed by atoms with Crippen LogP contribution in [0, 0.1) is 5.82 Å². The number of benzene rings is 1. The number of carboxylic acid groups (broad SMARTS) is 1. The molecule has 0 amide bonds. The van der Waals surface area contributed by atoms with Crippen molar-refractivity contribution in [2.75, 3.05) is 12.3 Å². The summed E-state index contributed by atoms with van der Waals surface area (Å²) >= 11 is 0. The molecule has 126 valence electrons. The number of rotatable bonds is 2. The van der Waals surface area contributed by atoms with Crippen LogP contribution in [-0.4, -0.2) is 34.8 Å². The molecule has 0 saturated heterocycles. The molecule has 23 heavy (non-hydrogen) atoms. The van der Waals surface area contributed by atoms with Crippen molar-refractivity contribution in [2.24, 2.45) is 0 Å². The summed E-state index contributed by atoms with van der Waals surface area (Å²) in [6.45, 7) is 1.97. The molecule has 1 heterocycles. The van der Waals surface area contributed by atoms with Gasteiger partial charge in [0.15, 0.2) is 0 Å². The SMILES string of the molecule is CCOC(=O)c1cc2c(N)ccc(F)c2[nH]1.O=C(O)C(F)(F)F. The molecule has 6 nitrogen and oxygen atoms in total. The number of nitrogens with two attached hydrogens (primary N) is 1. The normalized spacial score (nSPS) is 10.8. The molecule has 10 heteroatoms. The zero-order valence-corrected chi connectivity index (χ0v) is 11.7. The predicted octanol–water partition coefficient (Wildman–Crippen LogP) is 2.70. The van der Waals surface area contributed by atoms with Crippen molar-refractivity contribution in [1.82, 2.24) is 4.98 Å². The molecule has 0 radical (unpaired) electrons. The van der Waals surface area contributed by atoms with Crippen LogP contribution >= 0.6 is 0 Å². The molecule has 0 atom stereocenters. The van der Waals surface area contributed by atoms with Crippen LogP contribution in [0.5, 0.6) is 0 Å². The lowest BCUT2D eigenvalue weighted by molar-refractivity contribution is -0.192. The highest BCUT2D eigenvalue weighted by atomic mass is 19.4. The van der Waals surface area contributed by atoms with Crippen molar-refractivity contribution in [3.63, 3.8) is 0 Å². The lowest BCUT2D eigenvalue weighted by Gasteiger charge is -1.96. The largest absolute Gasteiger partial charge is 0.490 e. The molecule has 0 spiro atoms. The molecule has 0 unspecified atom stereocenters. The molecule has 1 aromatic heterocycles. The summed E-state index contributed by atoms with van der Waals surface area (Å²) in [6.07, 6.45) is -5.08. The monoisotopic (exact) mass is 336 g/mol. The number of anilines is 1. The number of esters is 1. The molecule has 0 saturated carbocycles. The highest BCUT2D eigenvalue weighted by molar-refractivity contribution is 5.99. The van der Waals surface area contributed by atoms with Gasteiger partial charge in [0.25, 0.3) is 0 Å². The van der Waals surface area contributed by atoms with E-state index in [1.807, 2.05) is 0 Å². The predicted molar refractivity (Wildman–Crippen MR) is 72.3 cm³/mol. The number of hydrogen-bond acceptors (Lipinski definition) is 4. The van der Waals surface area contributed by atoms with E-state index in [-0.39, 0.29) is 17.8 Å². The van der Waals surface area contributed by atoms with E-state index in [1.54, 1.807) is 6.92 Å². The van der Waals surface area contributed by atoms with Crippen LogP contribution in [0.2, 0.25) is 0 Å². The molecular formula is C13H12F4N2O4. The first kappa shape index (κ1) is 18.3. The van der Waals surface area contributed by atoms with Crippen molar-refractivity contribution in [1.29, 1.82) is 0 Å². The Bertz CT molecular complexity index is 686. The smallest absolute Gasteiger partial charge is 0.475 e. The molecular weight excluding hydrogens is 324 g/mol. The van der Waals surface area contributed by atoms with Gasteiger partial charge in [-0.05, 0) is 25.1 Å². The van der Waals surface area contributed by atoms with Crippen molar-refractivity contribution >= 4 is 28.5 Å². The van der Waals surface area contributed by atoms with Crippen LogP contribution in [0.1, 0.15) is 17.4 Å². The van der Waals surface area contributed by atoms with Crippen molar-refractivity contribution in [2.45, 2.75) is 13.1 Å². The summed E-state index contributed by atoms with van der Waals surface area (Å²) < 4.78 is 49.9. The minimum atomic E-state index is -5.08. The zero-order chi connectivity index (χ0) is 17.8. The number of halogens is 4. The maximum atomic E-state index is 13.4. The maximum Gasteiger partial charge on any atom is 0.490 e. The third kappa shape index (κ3) is 4.59. The minimum absolute atomic E-state index is 0.202. The fourth-order valence-electron chi connectivity index (χ4n) is 1.53. The summed E-state index contributed by atoms with van der Waals surface area (Å²) in [5, 5.41) is 7.61. The third-order valence-corrected chi connectivity index (χ3v) is 2.51. The summed E-state index contributed by atoms with van der Waals surface area (Å²) in [7, 11) is 0. The van der Waals surface area contributed by atoms with Gasteiger partial charge in [0, 0.05) is 11.1 Å². The van der Waals surface area contributed by atoms with Crippen LogP contribution in [0.3, 0.4) is 0 Å². The average molecular weight is 336 g/mol. The van der Waals surface area contributed by atoms with E-state index in [2.05, 4.69) is 4.98 Å². The number of ether oxygens (including phenoxy) is 1. The summed E-state index contributed by atoms with van der Waals surface area (Å²) in [5.41, 5.74) is 6.52. The van der Waals surface area contributed by atoms with Crippen LogP contribution in [-0.2, 0) is 9.53 Å². The lowest BCUT2D eigenvalue weighted by atomic mass is 10.2. The second-order valence-corrected chi connectivity index (χ2v) is 4.13. The van der Waals surface area contributed by atoms with E-state index >= 15 is 0 Å². The Kier molecular flexibility index (Phi) is 5.55. The Balaban J connectivity index is 0.000000322. The average Bonchev–Trinajstić information content (AvgIpc) is 2.89. The Morgan fingerprint density at radius 1 is 1.35 bits per heavy atom. The molecule has 0 aliphatic heterocycles. The highest BCUT2D eigenvalue weighted by Crippen LogP contribution is 2.24. The quantitative estimate of drug-likeness (QED) is 0.444. The first-order chi connectivity index (χ1) is 10.6. The van der Waals surface area contributed by atoms with E-state index < -0.39 is 23.9 Å². The number of hydrogen-bond donors (Lipinski definition) is 3. The van der Waals surface area contributed by atoms with E-state index in [4.69, 9.17) is 20.4 Å². The van der Waals surface area contributed by atoms with Crippen molar-refractivity contribution in [3.8, 4) is 0 Å². The van der Waals surface area contributed by atoms with Gasteiger partial charge in [-0.2, -0.15) is 13.2 Å². The Morgan fingerprint density at radius 3 is 2.35 bits per heavy atom. The van der Waals surface area contributed by atoms with E-state index in [0.717, 1.165) is 0 Å². The van der Waals surface area contributed by atoms with Crippen molar-refractivity contribution in [3.05, 3.63) is 29.7 Å². The van der Waals surface area contributed by atoms with Gasteiger partial charge in [0.05, 0.1) is 12.1 Å². The summed E-state index contributed by atoms with van der Waals surface area (Å²) in [5.74, 6) is -3.72. The van der Waals surface area contributed by atoms with Crippen LogP contribution in [0.4, 0.5) is 23.2 Å². The molecule has 2 aromatic rings. The van der Waals surface area contributed by atoms with Crippen LogP contribution < -0.4 is 5.73 Å². The number of carbonyl (C=O) groups excluding carboxylic acids is 1. The summed E-state index contributed by atoms with van der Waals surface area (Å²) in [6, 6.07) is 4.20. The van der Waals surface area contributed by atoms with Gasteiger partial charge in [-0.15, -0.1) is 0 Å². The number of nitrogens with one attached hydrogen (secondary N) is 1. The van der Waals surface area contributed by atoms with Gasteiger partial charge < -0.3 is 20.6 Å². The van der Waals surface area contributed by atoms with Gasteiger partial charge in [-0.3, -0.25) is 0 Å². The molecule has 0 bridgehead atoms. The lowest BCUT2D eigenvalue weighted by Crippen LogP contribution is -2.21. The van der Waals surface area contributed by atoms with Crippen LogP contribution in [0.15, 0.2) is 18.2 Å². The number of alkyl halides is 3. The van der Waals surface area contributed by atoms with Gasteiger partial charge >= 0.3 is 18.1 Å².